The molecule has 0 atom stereocenters. The SMILES string of the molecule is c1coc(CNc2nc(C3CC3)nc3[nH]cnc23)c1. The van der Waals surface area contributed by atoms with E-state index in [2.05, 4.69) is 25.3 Å². The molecule has 6 heteroatoms. The van der Waals surface area contributed by atoms with Gasteiger partial charge in [-0.05, 0) is 25.0 Å². The second-order valence-electron chi connectivity index (χ2n) is 4.74. The van der Waals surface area contributed by atoms with E-state index in [0.717, 1.165) is 28.6 Å². The molecule has 0 saturated heterocycles. The number of imidazole rings is 1. The summed E-state index contributed by atoms with van der Waals surface area (Å²) in [4.78, 5) is 16.4. The van der Waals surface area contributed by atoms with Crippen molar-refractivity contribution in [2.75, 3.05) is 5.32 Å². The van der Waals surface area contributed by atoms with Gasteiger partial charge in [0.2, 0.25) is 0 Å². The number of rotatable bonds is 4. The maximum absolute atomic E-state index is 5.30. The molecule has 2 N–H and O–H groups in total. The molecule has 0 aliphatic heterocycles. The Morgan fingerprint density at radius 2 is 2.32 bits per heavy atom. The fraction of sp³-hybridized carbons (Fsp3) is 0.308. The summed E-state index contributed by atoms with van der Waals surface area (Å²) in [7, 11) is 0. The van der Waals surface area contributed by atoms with Crippen molar-refractivity contribution in [1.82, 2.24) is 19.9 Å². The lowest BCUT2D eigenvalue weighted by molar-refractivity contribution is 0.518. The highest BCUT2D eigenvalue weighted by molar-refractivity contribution is 5.82. The molecule has 96 valence electrons. The van der Waals surface area contributed by atoms with E-state index in [1.54, 1.807) is 12.6 Å². The van der Waals surface area contributed by atoms with Crippen molar-refractivity contribution in [3.8, 4) is 0 Å². The molecule has 0 bridgehead atoms. The van der Waals surface area contributed by atoms with Gasteiger partial charge in [-0.15, -0.1) is 0 Å². The van der Waals surface area contributed by atoms with E-state index < -0.39 is 0 Å². The Labute approximate surface area is 109 Å². The Hall–Kier alpha value is -2.37. The summed E-state index contributed by atoms with van der Waals surface area (Å²) in [6.45, 7) is 0.593. The minimum Gasteiger partial charge on any atom is -0.467 e. The quantitative estimate of drug-likeness (QED) is 0.748. The molecule has 0 spiro atoms. The van der Waals surface area contributed by atoms with Gasteiger partial charge in [0.1, 0.15) is 17.1 Å². The average Bonchev–Trinajstić information content (AvgIpc) is 2.96. The maximum Gasteiger partial charge on any atom is 0.163 e. The third kappa shape index (κ3) is 1.95. The molecule has 4 rings (SSSR count). The van der Waals surface area contributed by atoms with Gasteiger partial charge in [-0.2, -0.15) is 0 Å². The first-order valence-corrected chi connectivity index (χ1v) is 6.37. The van der Waals surface area contributed by atoms with E-state index in [1.807, 2.05) is 12.1 Å². The van der Waals surface area contributed by atoms with Gasteiger partial charge < -0.3 is 14.7 Å². The first-order chi connectivity index (χ1) is 9.40. The molecular formula is C13H13N5O. The average molecular weight is 255 g/mol. The van der Waals surface area contributed by atoms with Crippen LogP contribution in [0.3, 0.4) is 0 Å². The molecule has 1 saturated carbocycles. The largest absolute Gasteiger partial charge is 0.467 e. The number of anilines is 1. The molecule has 1 aliphatic rings. The van der Waals surface area contributed by atoms with E-state index in [0.29, 0.717) is 12.5 Å². The molecule has 0 radical (unpaired) electrons. The standard InChI is InChI=1S/C13H13N5O/c1-2-9(19-5-1)6-14-12-10-13(16-7-15-10)18-11(17-12)8-3-4-8/h1-2,5,7-8H,3-4,6H2,(H2,14,15,16,17,18). The van der Waals surface area contributed by atoms with Crippen LogP contribution in [0.5, 0.6) is 0 Å². The molecule has 1 fully saturated rings. The second-order valence-corrected chi connectivity index (χ2v) is 4.74. The first kappa shape index (κ1) is 10.5. The first-order valence-electron chi connectivity index (χ1n) is 6.37. The summed E-state index contributed by atoms with van der Waals surface area (Å²) in [6.07, 6.45) is 5.67. The van der Waals surface area contributed by atoms with Crippen LogP contribution in [0.4, 0.5) is 5.82 Å². The Bertz CT molecular complexity index is 699. The number of nitrogens with one attached hydrogen (secondary N) is 2. The van der Waals surface area contributed by atoms with E-state index in [-0.39, 0.29) is 0 Å². The zero-order valence-corrected chi connectivity index (χ0v) is 10.3. The smallest absolute Gasteiger partial charge is 0.163 e. The minimum absolute atomic E-state index is 0.511. The number of nitrogens with zero attached hydrogens (tertiary/aromatic N) is 3. The van der Waals surface area contributed by atoms with Crippen LogP contribution in [-0.2, 0) is 6.54 Å². The summed E-state index contributed by atoms with van der Waals surface area (Å²) >= 11 is 0. The van der Waals surface area contributed by atoms with Gasteiger partial charge >= 0.3 is 0 Å². The predicted molar refractivity (Wildman–Crippen MR) is 69.7 cm³/mol. The maximum atomic E-state index is 5.30. The summed E-state index contributed by atoms with van der Waals surface area (Å²) in [5, 5.41) is 3.27. The highest BCUT2D eigenvalue weighted by Gasteiger charge is 2.28. The lowest BCUT2D eigenvalue weighted by Crippen LogP contribution is -2.04. The molecule has 3 heterocycles. The number of hydrogen-bond donors (Lipinski definition) is 2. The summed E-state index contributed by atoms with van der Waals surface area (Å²) in [6, 6.07) is 3.80. The topological polar surface area (TPSA) is 79.6 Å². The monoisotopic (exact) mass is 255 g/mol. The fourth-order valence-electron chi connectivity index (χ4n) is 2.08. The van der Waals surface area contributed by atoms with Crippen LogP contribution in [0.15, 0.2) is 29.1 Å². The molecule has 0 amide bonds. The van der Waals surface area contributed by atoms with E-state index >= 15 is 0 Å². The number of fused-ring (bicyclic) bond motifs is 1. The second kappa shape index (κ2) is 4.08. The molecule has 0 aromatic carbocycles. The highest BCUT2D eigenvalue weighted by Crippen LogP contribution is 2.39. The minimum atomic E-state index is 0.511. The van der Waals surface area contributed by atoms with Gasteiger partial charge in [0, 0.05) is 5.92 Å². The third-order valence-corrected chi connectivity index (χ3v) is 3.25. The number of hydrogen-bond acceptors (Lipinski definition) is 5. The predicted octanol–water partition coefficient (Wildman–Crippen LogP) is 2.44. The Morgan fingerprint density at radius 1 is 1.37 bits per heavy atom. The molecular weight excluding hydrogens is 242 g/mol. The van der Waals surface area contributed by atoms with Crippen LogP contribution in [-0.4, -0.2) is 19.9 Å². The summed E-state index contributed by atoms with van der Waals surface area (Å²) in [5.74, 6) is 3.05. The Kier molecular flexibility index (Phi) is 2.26. The van der Waals surface area contributed by atoms with Gasteiger partial charge in [0.25, 0.3) is 0 Å². The van der Waals surface area contributed by atoms with Crippen LogP contribution in [0.25, 0.3) is 11.2 Å². The zero-order valence-electron chi connectivity index (χ0n) is 10.3. The molecule has 0 unspecified atom stereocenters. The normalized spacial score (nSPS) is 14.9. The van der Waals surface area contributed by atoms with Gasteiger partial charge in [-0.1, -0.05) is 0 Å². The van der Waals surface area contributed by atoms with Crippen LogP contribution in [0.2, 0.25) is 0 Å². The van der Waals surface area contributed by atoms with E-state index in [9.17, 15) is 0 Å². The van der Waals surface area contributed by atoms with Crippen molar-refractivity contribution in [2.24, 2.45) is 0 Å². The highest BCUT2D eigenvalue weighted by atomic mass is 16.3. The van der Waals surface area contributed by atoms with Crippen LogP contribution >= 0.6 is 0 Å². The van der Waals surface area contributed by atoms with Crippen LogP contribution < -0.4 is 5.32 Å². The number of aromatic amines is 1. The van der Waals surface area contributed by atoms with Gasteiger partial charge in [-0.3, -0.25) is 0 Å². The Balaban J connectivity index is 1.68. The zero-order chi connectivity index (χ0) is 12.7. The molecule has 3 aromatic heterocycles. The van der Waals surface area contributed by atoms with Crippen molar-refractivity contribution in [2.45, 2.75) is 25.3 Å². The lowest BCUT2D eigenvalue weighted by atomic mass is 10.3. The van der Waals surface area contributed by atoms with E-state index in [1.165, 1.54) is 12.8 Å². The van der Waals surface area contributed by atoms with Gasteiger partial charge in [-0.25, -0.2) is 15.0 Å². The van der Waals surface area contributed by atoms with Gasteiger partial charge in [0.15, 0.2) is 11.5 Å². The van der Waals surface area contributed by atoms with Crippen molar-refractivity contribution < 1.29 is 4.42 Å². The van der Waals surface area contributed by atoms with E-state index in [4.69, 9.17) is 4.42 Å². The van der Waals surface area contributed by atoms with Crippen molar-refractivity contribution in [1.29, 1.82) is 0 Å². The molecule has 19 heavy (non-hydrogen) atoms. The Morgan fingerprint density at radius 3 is 3.11 bits per heavy atom. The van der Waals surface area contributed by atoms with Crippen molar-refractivity contribution >= 4 is 17.0 Å². The fourth-order valence-corrected chi connectivity index (χ4v) is 2.08. The summed E-state index contributed by atoms with van der Waals surface area (Å²) in [5.41, 5.74) is 1.56. The number of furan rings is 1. The summed E-state index contributed by atoms with van der Waals surface area (Å²) < 4.78 is 5.30. The number of aromatic nitrogens is 4. The molecule has 1 aliphatic carbocycles. The third-order valence-electron chi connectivity index (χ3n) is 3.25. The lowest BCUT2D eigenvalue weighted by Gasteiger charge is -2.06. The van der Waals surface area contributed by atoms with Crippen molar-refractivity contribution in [3.05, 3.63) is 36.3 Å². The molecule has 6 nitrogen and oxygen atoms in total. The molecule has 3 aromatic rings. The van der Waals surface area contributed by atoms with Gasteiger partial charge in [0.05, 0.1) is 19.1 Å². The van der Waals surface area contributed by atoms with Crippen molar-refractivity contribution in [3.63, 3.8) is 0 Å². The van der Waals surface area contributed by atoms with Crippen LogP contribution in [0, 0.1) is 0 Å². The number of H-pyrrole nitrogens is 1. The van der Waals surface area contributed by atoms with Crippen LogP contribution in [0.1, 0.15) is 30.3 Å².